The molecule has 2 aromatic heterocycles. The van der Waals surface area contributed by atoms with E-state index in [1.165, 1.54) is 0 Å². The van der Waals surface area contributed by atoms with Gasteiger partial charge in [-0.05, 0) is 68.7 Å². The van der Waals surface area contributed by atoms with E-state index in [0.717, 1.165) is 0 Å². The van der Waals surface area contributed by atoms with Crippen molar-refractivity contribution in [3.05, 3.63) is 23.6 Å². The number of nitrogens with zero attached hydrogens (tertiary/aromatic N) is 5. The predicted molar refractivity (Wildman–Crippen MR) is 144 cm³/mol. The van der Waals surface area contributed by atoms with E-state index in [-0.39, 0.29) is 35.2 Å². The molecular formula is C26H36ClN5O7. The summed E-state index contributed by atoms with van der Waals surface area (Å²) in [5.41, 5.74) is -1.87. The minimum Gasteiger partial charge on any atom is -0.443 e. The molecule has 2 aromatic rings. The molecule has 0 bridgehead atoms. The first kappa shape index (κ1) is 30.1. The highest BCUT2D eigenvalue weighted by atomic mass is 35.5. The first-order chi connectivity index (χ1) is 17.8. The van der Waals surface area contributed by atoms with E-state index >= 15 is 0 Å². The summed E-state index contributed by atoms with van der Waals surface area (Å²) in [5, 5.41) is -0.0577. The lowest BCUT2D eigenvalue weighted by Crippen LogP contribution is -2.44. The second-order valence-corrected chi connectivity index (χ2v) is 12.5. The van der Waals surface area contributed by atoms with Crippen molar-refractivity contribution in [1.29, 1.82) is 0 Å². The van der Waals surface area contributed by atoms with Crippen LogP contribution in [0.15, 0.2) is 18.5 Å². The van der Waals surface area contributed by atoms with Gasteiger partial charge < -0.3 is 23.5 Å². The summed E-state index contributed by atoms with van der Waals surface area (Å²) >= 11 is 6.42. The maximum Gasteiger partial charge on any atom is 0.508 e. The van der Waals surface area contributed by atoms with Gasteiger partial charge in [0.1, 0.15) is 28.9 Å². The normalized spacial score (nSPS) is 17.7. The Labute approximate surface area is 232 Å². The molecular weight excluding hydrogens is 530 g/mol. The number of ether oxygens (including phenoxy) is 4. The number of carbonyl (C=O) groups excluding carboxylic acids is 3. The van der Waals surface area contributed by atoms with Gasteiger partial charge in [-0.25, -0.2) is 19.4 Å². The largest absolute Gasteiger partial charge is 0.508 e. The maximum absolute atomic E-state index is 13.1. The smallest absolute Gasteiger partial charge is 0.443 e. The Kier molecular flexibility index (Phi) is 8.49. The van der Waals surface area contributed by atoms with E-state index in [2.05, 4.69) is 15.0 Å². The molecule has 0 radical (unpaired) electrons. The summed E-state index contributed by atoms with van der Waals surface area (Å²) in [5.74, 6) is -0.388. The lowest BCUT2D eigenvalue weighted by molar-refractivity contribution is -0.0112. The van der Waals surface area contributed by atoms with Crippen molar-refractivity contribution in [3.63, 3.8) is 0 Å². The molecule has 0 saturated carbocycles. The zero-order chi connectivity index (χ0) is 29.3. The van der Waals surface area contributed by atoms with Crippen LogP contribution in [0.1, 0.15) is 74.8 Å². The van der Waals surface area contributed by atoms with Gasteiger partial charge in [-0.3, -0.25) is 0 Å². The summed E-state index contributed by atoms with van der Waals surface area (Å²) in [6.45, 7) is 15.4. The number of imide groups is 1. The molecule has 1 aliphatic rings. The molecule has 13 heteroatoms. The maximum atomic E-state index is 13.1. The molecule has 2 heterocycles. The third-order valence-corrected chi connectivity index (χ3v) is 5.29. The number of carbonyl (C=O) groups is 3. The zero-order valence-corrected chi connectivity index (χ0v) is 24.5. The van der Waals surface area contributed by atoms with Crippen molar-refractivity contribution < 1.29 is 33.3 Å². The fourth-order valence-electron chi connectivity index (χ4n) is 3.60. The van der Waals surface area contributed by atoms with Crippen LogP contribution in [0.5, 0.6) is 0 Å². The summed E-state index contributed by atoms with van der Waals surface area (Å²) < 4.78 is 23.0. The first-order valence-electron chi connectivity index (χ1n) is 12.5. The Bertz CT molecular complexity index is 1240. The SMILES string of the molecule is CC(C)(C)OC(=O)OC[C@@H]1C=C[C@H](n2cnc3c(Cl)nc(N(C(=O)OC(C)(C)C)C(=O)OC(C)(C)C)nc32)C1. The summed E-state index contributed by atoms with van der Waals surface area (Å²) in [4.78, 5) is 51.6. The number of hydrogen-bond acceptors (Lipinski definition) is 10. The molecule has 39 heavy (non-hydrogen) atoms. The molecule has 0 fully saturated rings. The monoisotopic (exact) mass is 565 g/mol. The van der Waals surface area contributed by atoms with Crippen LogP contribution in [0.2, 0.25) is 5.15 Å². The number of amides is 2. The van der Waals surface area contributed by atoms with Crippen LogP contribution in [0.4, 0.5) is 20.3 Å². The van der Waals surface area contributed by atoms with Crippen LogP contribution >= 0.6 is 11.6 Å². The van der Waals surface area contributed by atoms with Crippen LogP contribution in [0, 0.1) is 5.92 Å². The number of anilines is 1. The number of rotatable bonds is 4. The third kappa shape index (κ3) is 8.29. The Balaban J connectivity index is 1.89. The Morgan fingerprint density at radius 1 is 0.923 bits per heavy atom. The van der Waals surface area contributed by atoms with E-state index in [4.69, 9.17) is 30.5 Å². The number of imidazole rings is 1. The molecule has 12 nitrogen and oxygen atoms in total. The molecule has 1 aliphatic carbocycles. The number of halogens is 1. The zero-order valence-electron chi connectivity index (χ0n) is 23.8. The molecule has 0 spiro atoms. The van der Waals surface area contributed by atoms with Gasteiger partial charge in [0.15, 0.2) is 10.8 Å². The van der Waals surface area contributed by atoms with Crippen molar-refractivity contribution in [1.82, 2.24) is 19.5 Å². The van der Waals surface area contributed by atoms with Gasteiger partial charge in [0.2, 0.25) is 5.95 Å². The molecule has 3 rings (SSSR count). The van der Waals surface area contributed by atoms with Crippen LogP contribution in [0.3, 0.4) is 0 Å². The van der Waals surface area contributed by atoms with E-state index in [0.29, 0.717) is 17.0 Å². The second-order valence-electron chi connectivity index (χ2n) is 12.2. The van der Waals surface area contributed by atoms with Crippen molar-refractivity contribution in [2.75, 3.05) is 11.5 Å². The van der Waals surface area contributed by atoms with Crippen molar-refractivity contribution in [2.24, 2.45) is 5.92 Å². The van der Waals surface area contributed by atoms with E-state index in [9.17, 15) is 14.4 Å². The molecule has 0 unspecified atom stereocenters. The molecule has 214 valence electrons. The lowest BCUT2D eigenvalue weighted by atomic mass is 10.1. The fraction of sp³-hybridized carbons (Fsp3) is 0.615. The van der Waals surface area contributed by atoms with Gasteiger partial charge in [0.25, 0.3) is 0 Å². The molecule has 0 aromatic carbocycles. The van der Waals surface area contributed by atoms with Crippen LogP contribution < -0.4 is 4.90 Å². The van der Waals surface area contributed by atoms with Gasteiger partial charge >= 0.3 is 18.3 Å². The number of allylic oxidation sites excluding steroid dienone is 1. The quantitative estimate of drug-likeness (QED) is 0.182. The van der Waals surface area contributed by atoms with Crippen LogP contribution in [-0.4, -0.2) is 61.3 Å². The van der Waals surface area contributed by atoms with Gasteiger partial charge in [-0.15, -0.1) is 4.90 Å². The average Bonchev–Trinajstić information content (AvgIpc) is 3.35. The first-order valence-corrected chi connectivity index (χ1v) is 12.9. The van der Waals surface area contributed by atoms with E-state index < -0.39 is 35.1 Å². The highest BCUT2D eigenvalue weighted by Gasteiger charge is 2.36. The standard InChI is InChI=1S/C26H36ClN5O7/c1-24(2,3)37-21(33)32(22(34)38-25(4,5)6)20-29-18(27)17-19(30-20)31(14-28-17)16-11-10-15(12-16)13-36-23(35)39-26(7,8)9/h10-11,14-16H,12-13H2,1-9H3/t15-,16+/m1/s1. The molecule has 0 saturated heterocycles. The summed E-state index contributed by atoms with van der Waals surface area (Å²) in [7, 11) is 0. The number of aromatic nitrogens is 4. The number of hydrogen-bond donors (Lipinski definition) is 0. The van der Waals surface area contributed by atoms with Crippen LogP contribution in [0.25, 0.3) is 11.2 Å². The Morgan fingerprint density at radius 2 is 1.49 bits per heavy atom. The third-order valence-electron chi connectivity index (χ3n) is 5.03. The van der Waals surface area contributed by atoms with Crippen molar-refractivity contribution >= 4 is 47.1 Å². The Morgan fingerprint density at radius 3 is 2.03 bits per heavy atom. The van der Waals surface area contributed by atoms with Gasteiger partial charge in [-0.1, -0.05) is 23.8 Å². The number of fused-ring (bicyclic) bond motifs is 1. The second kappa shape index (κ2) is 11.0. The minimum absolute atomic E-state index is 0.0577. The fourth-order valence-corrected chi connectivity index (χ4v) is 3.81. The summed E-state index contributed by atoms with van der Waals surface area (Å²) in [6, 6.07) is -0.211. The molecule has 0 aliphatic heterocycles. The van der Waals surface area contributed by atoms with Gasteiger partial charge in [-0.2, -0.15) is 9.97 Å². The highest BCUT2D eigenvalue weighted by molar-refractivity contribution is 6.33. The Hall–Kier alpha value is -3.41. The molecule has 2 amide bonds. The van der Waals surface area contributed by atoms with Crippen molar-refractivity contribution in [3.8, 4) is 0 Å². The minimum atomic E-state index is -1.02. The lowest BCUT2D eigenvalue weighted by Gasteiger charge is -2.27. The topological polar surface area (TPSA) is 135 Å². The highest BCUT2D eigenvalue weighted by Crippen LogP contribution is 2.33. The molecule has 2 atom stereocenters. The van der Waals surface area contributed by atoms with Gasteiger partial charge in [0.05, 0.1) is 12.4 Å². The average molecular weight is 566 g/mol. The molecule has 0 N–H and O–H groups in total. The predicted octanol–water partition coefficient (Wildman–Crippen LogP) is 6.23. The van der Waals surface area contributed by atoms with Crippen molar-refractivity contribution in [2.45, 2.75) is 91.6 Å². The van der Waals surface area contributed by atoms with E-state index in [1.807, 2.05) is 12.2 Å². The van der Waals surface area contributed by atoms with Gasteiger partial charge in [0, 0.05) is 5.92 Å². The van der Waals surface area contributed by atoms with E-state index in [1.54, 1.807) is 73.2 Å². The van der Waals surface area contributed by atoms with Crippen LogP contribution in [-0.2, 0) is 18.9 Å². The summed E-state index contributed by atoms with van der Waals surface area (Å²) in [6.07, 6.45) is 3.22.